The minimum Gasteiger partial charge on any atom is -0.394 e. The molecule has 0 spiro atoms. The lowest BCUT2D eigenvalue weighted by Crippen LogP contribution is -2.60. The van der Waals surface area contributed by atoms with E-state index >= 15 is 0 Å². The first-order valence-electron chi connectivity index (χ1n) is 16.7. The number of hydrogen-bond acceptors (Lipinski definition) is 10. The molecular weight excluding hydrogens is 690 g/mol. The van der Waals surface area contributed by atoms with Crippen LogP contribution in [0.4, 0.5) is 0 Å². The highest BCUT2D eigenvalue weighted by Gasteiger charge is 2.32. The van der Waals surface area contributed by atoms with E-state index in [4.69, 9.17) is 22.9 Å². The Morgan fingerprint density at radius 2 is 1.13 bits per heavy atom. The third-order valence-electron chi connectivity index (χ3n) is 7.66. The Balaban J connectivity index is 2.29. The molecule has 19 nitrogen and oxygen atoms in total. The largest absolute Gasteiger partial charge is 0.394 e. The molecule has 53 heavy (non-hydrogen) atoms. The number of primary amides is 1. The fourth-order valence-electron chi connectivity index (χ4n) is 4.78. The smallest absolute Gasteiger partial charge is 0.245 e. The molecule has 0 aliphatic carbocycles. The Morgan fingerprint density at radius 1 is 0.660 bits per heavy atom. The quantitative estimate of drug-likeness (QED) is 0.0311. The average Bonchev–Trinajstić information content (AvgIpc) is 3.13. The van der Waals surface area contributed by atoms with Crippen LogP contribution in [0, 0.1) is 0 Å². The summed E-state index contributed by atoms with van der Waals surface area (Å²) in [7, 11) is 0. The van der Waals surface area contributed by atoms with Gasteiger partial charge in [0.05, 0.1) is 19.7 Å². The molecule has 0 saturated heterocycles. The van der Waals surface area contributed by atoms with E-state index in [0.717, 1.165) is 0 Å². The van der Waals surface area contributed by atoms with E-state index in [2.05, 4.69) is 36.9 Å². The lowest BCUT2D eigenvalue weighted by atomic mass is 10.0. The average molecular weight is 740 g/mol. The van der Waals surface area contributed by atoms with Crippen LogP contribution in [0.5, 0.6) is 0 Å². The number of carbonyl (C=O) groups excluding carboxylic acids is 7. The molecule has 2 aromatic rings. The Morgan fingerprint density at radius 3 is 1.62 bits per heavy atom. The highest BCUT2D eigenvalue weighted by atomic mass is 16.3. The summed E-state index contributed by atoms with van der Waals surface area (Å²) in [6.45, 7) is -0.209. The van der Waals surface area contributed by atoms with E-state index in [1.165, 1.54) is 6.92 Å². The van der Waals surface area contributed by atoms with E-state index in [0.29, 0.717) is 11.1 Å². The van der Waals surface area contributed by atoms with Crippen LogP contribution in [0.2, 0.25) is 0 Å². The third-order valence-corrected chi connectivity index (χ3v) is 7.66. The summed E-state index contributed by atoms with van der Waals surface area (Å²) in [6, 6.07) is 10.8. The molecular formula is C34H49N11O8. The van der Waals surface area contributed by atoms with E-state index in [9.17, 15) is 38.7 Å². The van der Waals surface area contributed by atoms with Crippen LogP contribution in [-0.4, -0.2) is 109 Å². The zero-order chi connectivity index (χ0) is 39.3. The zero-order valence-electron chi connectivity index (χ0n) is 29.4. The van der Waals surface area contributed by atoms with Crippen molar-refractivity contribution < 1.29 is 38.7 Å². The summed E-state index contributed by atoms with van der Waals surface area (Å²) >= 11 is 0. The molecule has 0 unspecified atom stereocenters. The number of guanidine groups is 1. The fraction of sp³-hybridized carbons (Fsp3) is 0.412. The number of aliphatic hydroxyl groups excluding tert-OH is 1. The van der Waals surface area contributed by atoms with Crippen LogP contribution in [-0.2, 0) is 46.4 Å². The predicted octanol–water partition coefficient (Wildman–Crippen LogP) is -4.48. The van der Waals surface area contributed by atoms with Gasteiger partial charge in [-0.3, -0.25) is 38.6 Å². The summed E-state index contributed by atoms with van der Waals surface area (Å²) in [5.74, 6) is -5.60. The molecule has 0 heterocycles. The molecule has 0 aliphatic heterocycles. The van der Waals surface area contributed by atoms with Gasteiger partial charge in [0.2, 0.25) is 41.4 Å². The molecule has 0 radical (unpaired) electrons. The lowest BCUT2D eigenvalue weighted by molar-refractivity contribution is -0.135. The Bertz CT molecular complexity index is 1570. The van der Waals surface area contributed by atoms with Gasteiger partial charge in [0.1, 0.15) is 30.2 Å². The van der Waals surface area contributed by atoms with Gasteiger partial charge in [0.15, 0.2) is 5.96 Å². The molecule has 0 bridgehead atoms. The number of aliphatic imine (C=N–C) groups is 1. The van der Waals surface area contributed by atoms with Gasteiger partial charge in [0, 0.05) is 19.4 Å². The van der Waals surface area contributed by atoms with Crippen molar-refractivity contribution in [2.45, 2.75) is 62.8 Å². The summed E-state index contributed by atoms with van der Waals surface area (Å²) in [4.78, 5) is 93.5. The van der Waals surface area contributed by atoms with Gasteiger partial charge in [-0.15, -0.1) is 0 Å². The van der Waals surface area contributed by atoms with Crippen molar-refractivity contribution in [3.8, 4) is 0 Å². The van der Waals surface area contributed by atoms with Gasteiger partial charge in [0.25, 0.3) is 0 Å². The van der Waals surface area contributed by atoms with Gasteiger partial charge in [-0.25, -0.2) is 0 Å². The molecule has 2 rings (SSSR count). The number of aliphatic hydroxyl groups is 1. The van der Waals surface area contributed by atoms with Crippen molar-refractivity contribution >= 4 is 47.3 Å². The van der Waals surface area contributed by atoms with Crippen molar-refractivity contribution in [3.63, 3.8) is 0 Å². The Kier molecular flexibility index (Phi) is 18.4. The standard InChI is InChI=1S/C34H49N11O8/c1-20(29(36)49)41-30(50)23(13-8-14-39-34(37)38)43-32(52)25(16-22-11-6-3-7-12-22)44-33(53)26(19-46)45-31(51)24(15-21-9-4-2-5-10-21)42-28(48)18-40-27(47)17-35/h2-7,9-12,20,23-26,46H,8,13-19,35H2,1H3,(H2,36,49)(H,40,47)(H,41,50)(H,42,48)(H,43,52)(H,44,53)(H,45,51)(H4,37,38,39)/t20-,23-,24-,25-,26-/m0/s1. The second kappa shape index (κ2) is 22.7. The molecule has 0 aliphatic rings. The highest BCUT2D eigenvalue weighted by Crippen LogP contribution is 2.08. The highest BCUT2D eigenvalue weighted by molar-refractivity contribution is 5.96. The number of carbonyl (C=O) groups is 7. The number of amides is 7. The minimum absolute atomic E-state index is 0.0109. The van der Waals surface area contributed by atoms with Crippen LogP contribution in [0.25, 0.3) is 0 Å². The first-order chi connectivity index (χ1) is 25.2. The van der Waals surface area contributed by atoms with Crippen LogP contribution < -0.4 is 54.8 Å². The van der Waals surface area contributed by atoms with Gasteiger partial charge < -0.3 is 59.9 Å². The molecule has 288 valence electrons. The van der Waals surface area contributed by atoms with Crippen molar-refractivity contribution in [2.24, 2.45) is 27.9 Å². The van der Waals surface area contributed by atoms with Gasteiger partial charge >= 0.3 is 0 Å². The summed E-state index contributed by atoms with van der Waals surface area (Å²) in [5, 5.41) is 25.0. The predicted molar refractivity (Wildman–Crippen MR) is 194 cm³/mol. The van der Waals surface area contributed by atoms with Crippen LogP contribution in [0.1, 0.15) is 30.9 Å². The van der Waals surface area contributed by atoms with Gasteiger partial charge in [-0.05, 0) is 30.9 Å². The van der Waals surface area contributed by atoms with Gasteiger partial charge in [-0.2, -0.15) is 0 Å². The molecule has 5 atom stereocenters. The number of nitrogens with one attached hydrogen (secondary N) is 6. The summed E-state index contributed by atoms with van der Waals surface area (Å²) in [5.41, 5.74) is 22.6. The van der Waals surface area contributed by atoms with Crippen LogP contribution in [0.3, 0.4) is 0 Å². The van der Waals surface area contributed by atoms with Crippen molar-refractivity contribution in [2.75, 3.05) is 26.2 Å². The number of benzene rings is 2. The van der Waals surface area contributed by atoms with E-state index < -0.39 is 84.7 Å². The van der Waals surface area contributed by atoms with Crippen LogP contribution in [0.15, 0.2) is 65.7 Å². The normalized spacial score (nSPS) is 13.4. The van der Waals surface area contributed by atoms with E-state index in [1.54, 1.807) is 60.7 Å². The van der Waals surface area contributed by atoms with Crippen molar-refractivity contribution in [3.05, 3.63) is 71.8 Å². The Hall–Kier alpha value is -6.08. The molecule has 19 heteroatoms. The van der Waals surface area contributed by atoms with Crippen LogP contribution >= 0.6 is 0 Å². The number of hydrogen-bond donors (Lipinski definition) is 11. The molecule has 0 aromatic heterocycles. The van der Waals surface area contributed by atoms with Crippen molar-refractivity contribution in [1.29, 1.82) is 0 Å². The Labute approximate surface area is 306 Å². The first kappa shape index (κ1) is 43.1. The monoisotopic (exact) mass is 739 g/mol. The molecule has 2 aromatic carbocycles. The summed E-state index contributed by atoms with van der Waals surface area (Å²) in [6.07, 6.45) is 0.204. The molecule has 15 N–H and O–H groups in total. The second-order valence-electron chi connectivity index (χ2n) is 11.9. The fourth-order valence-corrected chi connectivity index (χ4v) is 4.78. The number of nitrogens with zero attached hydrogens (tertiary/aromatic N) is 1. The summed E-state index contributed by atoms with van der Waals surface area (Å²) < 4.78 is 0. The molecule has 0 saturated carbocycles. The molecule has 0 fully saturated rings. The third kappa shape index (κ3) is 16.2. The first-order valence-corrected chi connectivity index (χ1v) is 16.7. The SMILES string of the molecule is C[C@H](NC(=O)[C@H](CCCN=C(N)N)NC(=O)[C@H](Cc1ccccc1)NC(=O)[C@H](CO)NC(=O)[C@H](Cc1ccccc1)NC(=O)CNC(=O)CN)C(N)=O. The molecule has 7 amide bonds. The number of nitrogens with two attached hydrogens (primary N) is 4. The maximum atomic E-state index is 13.8. The van der Waals surface area contributed by atoms with E-state index in [1.807, 2.05) is 0 Å². The minimum atomic E-state index is -1.59. The second-order valence-corrected chi connectivity index (χ2v) is 11.9. The topological polar surface area (TPSA) is 328 Å². The number of rotatable bonds is 22. The van der Waals surface area contributed by atoms with E-state index in [-0.39, 0.29) is 44.7 Å². The maximum absolute atomic E-state index is 13.8. The zero-order valence-corrected chi connectivity index (χ0v) is 29.4. The van der Waals surface area contributed by atoms with Crippen molar-refractivity contribution in [1.82, 2.24) is 31.9 Å². The lowest BCUT2D eigenvalue weighted by Gasteiger charge is -2.26. The van der Waals surface area contributed by atoms with Gasteiger partial charge in [-0.1, -0.05) is 60.7 Å². The maximum Gasteiger partial charge on any atom is 0.245 e.